The van der Waals surface area contributed by atoms with Gasteiger partial charge in [-0.15, -0.1) is 0 Å². The van der Waals surface area contributed by atoms with Crippen LogP contribution in [0, 0.1) is 13.8 Å². The molecule has 238 valence electrons. The number of hydrogen-bond acceptors (Lipinski definition) is 7. The summed E-state index contributed by atoms with van der Waals surface area (Å²) in [5, 5.41) is 0. The highest BCUT2D eigenvalue weighted by Crippen LogP contribution is 2.35. The van der Waals surface area contributed by atoms with Gasteiger partial charge in [-0.1, -0.05) is 108 Å². The van der Waals surface area contributed by atoms with E-state index in [0.29, 0.717) is 17.5 Å². The number of rotatable bonds is 7. The van der Waals surface area contributed by atoms with Crippen molar-refractivity contribution < 1.29 is 0 Å². The average molecular weight is 646 g/mol. The van der Waals surface area contributed by atoms with E-state index in [0.717, 1.165) is 61.5 Å². The average Bonchev–Trinajstić information content (AvgIpc) is 3.19. The van der Waals surface area contributed by atoms with Crippen LogP contribution >= 0.6 is 0 Å². The van der Waals surface area contributed by atoms with E-state index in [1.807, 2.05) is 0 Å². The Morgan fingerprint density at radius 3 is 1.04 bits per heavy atom. The van der Waals surface area contributed by atoms with Crippen LogP contribution in [0.3, 0.4) is 0 Å². The van der Waals surface area contributed by atoms with Gasteiger partial charge in [0.05, 0.1) is 23.8 Å². The van der Waals surface area contributed by atoms with Crippen molar-refractivity contribution in [2.24, 2.45) is 0 Å². The molecule has 8 rings (SSSR count). The molecule has 0 amide bonds. The zero-order valence-corrected chi connectivity index (χ0v) is 27.6. The third-order valence-corrected chi connectivity index (χ3v) is 8.60. The van der Waals surface area contributed by atoms with Crippen molar-refractivity contribution in [1.29, 1.82) is 0 Å². The van der Waals surface area contributed by atoms with Crippen molar-refractivity contribution in [2.75, 3.05) is 0 Å². The molecule has 8 aromatic rings. The van der Waals surface area contributed by atoms with Crippen molar-refractivity contribution in [3.8, 4) is 78.9 Å². The molecular formula is C43H31N7. The topological polar surface area (TPSA) is 90.2 Å². The third-order valence-electron chi connectivity index (χ3n) is 8.60. The molecule has 0 saturated carbocycles. The molecule has 3 aromatic heterocycles. The highest BCUT2D eigenvalue weighted by molar-refractivity contribution is 5.81. The lowest BCUT2D eigenvalue weighted by Gasteiger charge is -2.13. The highest BCUT2D eigenvalue weighted by atomic mass is 15.0. The molecular weight excluding hydrogens is 615 g/mol. The second-order valence-electron chi connectivity index (χ2n) is 12.2. The van der Waals surface area contributed by atoms with Gasteiger partial charge in [0.1, 0.15) is 0 Å². The lowest BCUT2D eigenvalue weighted by Crippen LogP contribution is -2.00. The van der Waals surface area contributed by atoms with E-state index in [1.165, 1.54) is 11.1 Å². The number of aryl methyl sites for hydroxylation is 2. The fraction of sp³-hybridized carbons (Fsp3) is 0.0465. The number of benzene rings is 5. The van der Waals surface area contributed by atoms with Gasteiger partial charge in [0.25, 0.3) is 0 Å². The molecule has 0 bridgehead atoms. The summed E-state index contributed by atoms with van der Waals surface area (Å²) in [6.45, 7) is 4.15. The summed E-state index contributed by atoms with van der Waals surface area (Å²) < 4.78 is 0. The molecule has 0 unspecified atom stereocenters. The monoisotopic (exact) mass is 645 g/mol. The lowest BCUT2D eigenvalue weighted by molar-refractivity contribution is 1.07. The number of hydrogen-bond donors (Lipinski definition) is 0. The normalized spacial score (nSPS) is 11.0. The summed E-state index contributed by atoms with van der Waals surface area (Å²) >= 11 is 0. The largest absolute Gasteiger partial charge is 0.261 e. The molecule has 0 fully saturated rings. The van der Waals surface area contributed by atoms with Crippen molar-refractivity contribution in [3.63, 3.8) is 0 Å². The molecule has 5 aromatic carbocycles. The predicted octanol–water partition coefficient (Wildman–Crippen LogP) is 9.74. The molecule has 7 heteroatoms. The van der Waals surface area contributed by atoms with Crippen LogP contribution in [0.4, 0.5) is 0 Å². The number of aromatic nitrogens is 7. The maximum absolute atomic E-state index is 5.07. The summed E-state index contributed by atoms with van der Waals surface area (Å²) in [5.41, 5.74) is 13.0. The maximum atomic E-state index is 5.07. The molecule has 3 heterocycles. The van der Waals surface area contributed by atoms with Gasteiger partial charge in [-0.05, 0) is 54.3 Å². The van der Waals surface area contributed by atoms with Gasteiger partial charge < -0.3 is 0 Å². The first-order valence-electron chi connectivity index (χ1n) is 16.3. The van der Waals surface area contributed by atoms with Crippen LogP contribution in [0.5, 0.6) is 0 Å². The quantitative estimate of drug-likeness (QED) is 0.170. The van der Waals surface area contributed by atoms with E-state index in [1.54, 1.807) is 37.2 Å². The molecule has 50 heavy (non-hydrogen) atoms. The van der Waals surface area contributed by atoms with Crippen LogP contribution in [-0.4, -0.2) is 34.9 Å². The smallest absolute Gasteiger partial charge is 0.164 e. The Hall–Kier alpha value is -6.73. The molecule has 7 nitrogen and oxygen atoms in total. The second-order valence-corrected chi connectivity index (χ2v) is 12.2. The van der Waals surface area contributed by atoms with E-state index >= 15 is 0 Å². The van der Waals surface area contributed by atoms with Crippen molar-refractivity contribution in [1.82, 2.24) is 34.9 Å². The van der Waals surface area contributed by atoms with E-state index in [-0.39, 0.29) is 0 Å². The first-order chi connectivity index (χ1) is 24.6. The fourth-order valence-electron chi connectivity index (χ4n) is 5.82. The molecule has 0 radical (unpaired) electrons. The second kappa shape index (κ2) is 13.4. The summed E-state index contributed by atoms with van der Waals surface area (Å²) in [6.07, 6.45) is 10.3. The molecule has 0 aliphatic carbocycles. The molecule has 0 aliphatic rings. The Morgan fingerprint density at radius 1 is 0.320 bits per heavy atom. The minimum Gasteiger partial charge on any atom is -0.261 e. The van der Waals surface area contributed by atoms with Gasteiger partial charge in [-0.25, -0.2) is 15.0 Å². The van der Waals surface area contributed by atoms with Crippen LogP contribution in [0.15, 0.2) is 152 Å². The number of nitrogens with zero attached hydrogens (tertiary/aromatic N) is 7. The Morgan fingerprint density at radius 2 is 0.660 bits per heavy atom. The summed E-state index contributed by atoms with van der Waals surface area (Å²) in [6, 6.07) is 39.9. The minimum atomic E-state index is 0.599. The van der Waals surface area contributed by atoms with E-state index in [9.17, 15) is 0 Å². The van der Waals surface area contributed by atoms with Gasteiger partial charge in [-0.2, -0.15) is 0 Å². The Labute approximate surface area is 290 Å². The standard InChI is InChI=1S/C43H31N7/c1-28-3-7-34(8-4-28)41-48-42(35-9-5-29(2)6-10-35)50-43(49-41)38-24-36(30-11-15-32(16-12-30)39-26-44-19-21-46-39)23-37(25-38)31-13-17-33(18-14-31)40-27-45-20-22-47-40/h3-27H,1-2H3. The Kier molecular flexibility index (Phi) is 8.21. The molecule has 0 atom stereocenters. The van der Waals surface area contributed by atoms with E-state index in [4.69, 9.17) is 15.0 Å². The van der Waals surface area contributed by atoms with E-state index < -0.39 is 0 Å². The van der Waals surface area contributed by atoms with Crippen LogP contribution in [0.2, 0.25) is 0 Å². The van der Waals surface area contributed by atoms with Gasteiger partial charge in [0, 0.05) is 52.6 Å². The maximum Gasteiger partial charge on any atom is 0.164 e. The predicted molar refractivity (Wildman–Crippen MR) is 199 cm³/mol. The first-order valence-corrected chi connectivity index (χ1v) is 16.3. The van der Waals surface area contributed by atoms with Crippen molar-refractivity contribution in [2.45, 2.75) is 13.8 Å². The summed E-state index contributed by atoms with van der Waals surface area (Å²) in [7, 11) is 0. The van der Waals surface area contributed by atoms with Gasteiger partial charge in [0.15, 0.2) is 17.5 Å². The molecule has 0 N–H and O–H groups in total. The van der Waals surface area contributed by atoms with Crippen LogP contribution in [0.25, 0.3) is 78.9 Å². The zero-order chi connectivity index (χ0) is 33.9. The molecule has 0 aliphatic heterocycles. The fourth-order valence-corrected chi connectivity index (χ4v) is 5.82. The first kappa shape index (κ1) is 30.6. The van der Waals surface area contributed by atoms with E-state index in [2.05, 4.69) is 149 Å². The van der Waals surface area contributed by atoms with Crippen molar-refractivity contribution in [3.05, 3.63) is 164 Å². The minimum absolute atomic E-state index is 0.599. The van der Waals surface area contributed by atoms with Gasteiger partial charge in [0.2, 0.25) is 0 Å². The van der Waals surface area contributed by atoms with Crippen molar-refractivity contribution >= 4 is 0 Å². The molecule has 0 saturated heterocycles. The van der Waals surface area contributed by atoms with Gasteiger partial charge >= 0.3 is 0 Å². The summed E-state index contributed by atoms with van der Waals surface area (Å²) in [5.74, 6) is 1.85. The van der Waals surface area contributed by atoms with Gasteiger partial charge in [-0.3, -0.25) is 19.9 Å². The lowest BCUT2D eigenvalue weighted by atomic mass is 9.94. The third kappa shape index (κ3) is 6.53. The zero-order valence-electron chi connectivity index (χ0n) is 27.6. The SMILES string of the molecule is Cc1ccc(-c2nc(-c3ccc(C)cc3)nc(-c3cc(-c4ccc(-c5cnccn5)cc4)cc(-c4ccc(-c5cnccn5)cc4)c3)n2)cc1. The Balaban J connectivity index is 1.28. The van der Waals surface area contributed by atoms with Crippen LogP contribution < -0.4 is 0 Å². The Bertz CT molecular complexity index is 2230. The molecule has 0 spiro atoms. The van der Waals surface area contributed by atoms with Crippen LogP contribution in [-0.2, 0) is 0 Å². The van der Waals surface area contributed by atoms with Crippen LogP contribution in [0.1, 0.15) is 11.1 Å². The highest BCUT2D eigenvalue weighted by Gasteiger charge is 2.15. The summed E-state index contributed by atoms with van der Waals surface area (Å²) in [4.78, 5) is 32.5.